The standard InChI is InChI=1S/C18H20F3NO3/c1-6-8-10(7-2)16(23)13-14(20)11(19)9-12(15(13)21)22-17(24)25-18(3,4)5/h6-9H,1-5H3,(H,22,24). The third-order valence-corrected chi connectivity index (χ3v) is 2.94. The van der Waals surface area contributed by atoms with Gasteiger partial charge in [0.25, 0.3) is 0 Å². The summed E-state index contributed by atoms with van der Waals surface area (Å²) in [6.45, 7) is 7.86. The number of ketones is 1. The Balaban J connectivity index is 3.35. The Morgan fingerprint density at radius 3 is 2.20 bits per heavy atom. The van der Waals surface area contributed by atoms with Gasteiger partial charge in [0.1, 0.15) is 5.60 Å². The second-order valence-electron chi connectivity index (χ2n) is 6.11. The van der Waals surface area contributed by atoms with Crippen molar-refractivity contribution in [3.05, 3.63) is 52.9 Å². The molecule has 0 aliphatic carbocycles. The number of rotatable bonds is 4. The van der Waals surface area contributed by atoms with E-state index in [0.717, 1.165) is 0 Å². The highest BCUT2D eigenvalue weighted by molar-refractivity contribution is 6.11. The summed E-state index contributed by atoms with van der Waals surface area (Å²) in [5.41, 5.74) is -2.67. The first kappa shape index (κ1) is 20.5. The number of benzene rings is 1. The maximum atomic E-state index is 14.5. The molecule has 0 saturated heterocycles. The molecule has 0 aromatic heterocycles. The summed E-state index contributed by atoms with van der Waals surface area (Å²) >= 11 is 0. The van der Waals surface area contributed by atoms with Gasteiger partial charge in [-0.15, -0.1) is 0 Å². The Hall–Kier alpha value is -2.57. The molecule has 0 atom stereocenters. The molecule has 25 heavy (non-hydrogen) atoms. The lowest BCUT2D eigenvalue weighted by Gasteiger charge is -2.20. The number of anilines is 1. The minimum absolute atomic E-state index is 0.0193. The molecule has 1 rings (SSSR count). The predicted molar refractivity (Wildman–Crippen MR) is 89.1 cm³/mol. The number of nitrogens with one attached hydrogen (secondary N) is 1. The highest BCUT2D eigenvalue weighted by atomic mass is 19.2. The van der Waals surface area contributed by atoms with E-state index in [4.69, 9.17) is 4.74 Å². The number of Topliss-reactive ketones (excluding diaryl/α,β-unsaturated/α-hetero) is 1. The molecule has 0 fully saturated rings. The summed E-state index contributed by atoms with van der Waals surface area (Å²) in [6, 6.07) is 0.455. The maximum absolute atomic E-state index is 14.5. The third-order valence-electron chi connectivity index (χ3n) is 2.94. The number of allylic oxidation sites excluding steroid dienone is 4. The van der Waals surface area contributed by atoms with Gasteiger partial charge in [-0.2, -0.15) is 0 Å². The summed E-state index contributed by atoms with van der Waals surface area (Å²) in [5, 5.41) is 1.99. The molecule has 1 aromatic carbocycles. The Morgan fingerprint density at radius 2 is 1.72 bits per heavy atom. The van der Waals surface area contributed by atoms with Gasteiger partial charge in [0.15, 0.2) is 23.2 Å². The van der Waals surface area contributed by atoms with E-state index in [2.05, 4.69) is 0 Å². The van der Waals surface area contributed by atoms with E-state index in [-0.39, 0.29) is 5.57 Å². The molecule has 1 aromatic rings. The molecule has 136 valence electrons. The van der Waals surface area contributed by atoms with Crippen LogP contribution in [0.2, 0.25) is 0 Å². The van der Waals surface area contributed by atoms with Crippen molar-refractivity contribution >= 4 is 17.6 Å². The van der Waals surface area contributed by atoms with Crippen LogP contribution in [0.25, 0.3) is 0 Å². The molecule has 4 nitrogen and oxygen atoms in total. The molecular formula is C18H20F3NO3. The Kier molecular flexibility index (Phi) is 6.55. The van der Waals surface area contributed by atoms with E-state index in [9.17, 15) is 22.8 Å². The third kappa shape index (κ3) is 5.20. The van der Waals surface area contributed by atoms with Crippen molar-refractivity contribution in [2.45, 2.75) is 40.2 Å². The van der Waals surface area contributed by atoms with Crippen LogP contribution in [-0.4, -0.2) is 17.5 Å². The average molecular weight is 355 g/mol. The van der Waals surface area contributed by atoms with Crippen molar-refractivity contribution < 1.29 is 27.5 Å². The van der Waals surface area contributed by atoms with Crippen LogP contribution >= 0.6 is 0 Å². The van der Waals surface area contributed by atoms with Crippen molar-refractivity contribution in [1.82, 2.24) is 0 Å². The van der Waals surface area contributed by atoms with E-state index in [1.54, 1.807) is 27.7 Å². The van der Waals surface area contributed by atoms with E-state index in [1.165, 1.54) is 25.2 Å². The van der Waals surface area contributed by atoms with Crippen LogP contribution < -0.4 is 5.32 Å². The first-order valence-electron chi connectivity index (χ1n) is 7.53. The molecule has 0 aliphatic heterocycles. The van der Waals surface area contributed by atoms with Crippen LogP contribution in [0.1, 0.15) is 45.0 Å². The van der Waals surface area contributed by atoms with Gasteiger partial charge >= 0.3 is 6.09 Å². The second kappa shape index (κ2) is 8.00. The van der Waals surface area contributed by atoms with Crippen molar-refractivity contribution in [1.29, 1.82) is 0 Å². The van der Waals surface area contributed by atoms with E-state index in [1.807, 2.05) is 5.32 Å². The molecule has 1 N–H and O–H groups in total. The fraction of sp³-hybridized carbons (Fsp3) is 0.333. The van der Waals surface area contributed by atoms with Crippen molar-refractivity contribution in [3.8, 4) is 0 Å². The number of carbonyl (C=O) groups excluding carboxylic acids is 2. The molecule has 1 amide bonds. The molecule has 0 heterocycles. The topological polar surface area (TPSA) is 55.4 Å². The van der Waals surface area contributed by atoms with Gasteiger partial charge in [0.2, 0.25) is 0 Å². The smallest absolute Gasteiger partial charge is 0.412 e. The SMILES string of the molecule is CC=CC(=CC)C(=O)c1c(F)c(F)cc(NC(=O)OC(C)(C)C)c1F. The van der Waals surface area contributed by atoms with Gasteiger partial charge < -0.3 is 4.74 Å². The largest absolute Gasteiger partial charge is 0.444 e. The number of carbonyl (C=O) groups is 2. The van der Waals surface area contributed by atoms with Crippen molar-refractivity contribution in [2.75, 3.05) is 5.32 Å². The highest BCUT2D eigenvalue weighted by Gasteiger charge is 2.27. The quantitative estimate of drug-likeness (QED) is 0.351. The van der Waals surface area contributed by atoms with Gasteiger partial charge in [0, 0.05) is 11.6 Å². The Labute approximate surface area is 144 Å². The molecule has 0 bridgehead atoms. The summed E-state index contributed by atoms with van der Waals surface area (Å²) in [7, 11) is 0. The van der Waals surface area contributed by atoms with Crippen molar-refractivity contribution in [2.24, 2.45) is 0 Å². The van der Waals surface area contributed by atoms with Crippen LogP contribution in [0.4, 0.5) is 23.7 Å². The lowest BCUT2D eigenvalue weighted by atomic mass is 10.0. The number of amides is 1. The molecule has 0 unspecified atom stereocenters. The van der Waals surface area contributed by atoms with Crippen LogP contribution in [0, 0.1) is 17.5 Å². The van der Waals surface area contributed by atoms with Gasteiger partial charge in [-0.25, -0.2) is 18.0 Å². The Morgan fingerprint density at radius 1 is 1.12 bits per heavy atom. The Bertz CT molecular complexity index is 747. The zero-order valence-electron chi connectivity index (χ0n) is 14.7. The van der Waals surface area contributed by atoms with Gasteiger partial charge in [-0.3, -0.25) is 10.1 Å². The summed E-state index contributed by atoms with van der Waals surface area (Å²) in [5.74, 6) is -5.51. The second-order valence-corrected chi connectivity index (χ2v) is 6.11. The van der Waals surface area contributed by atoms with Crippen LogP contribution in [0.5, 0.6) is 0 Å². The van der Waals surface area contributed by atoms with E-state index >= 15 is 0 Å². The first-order valence-corrected chi connectivity index (χ1v) is 7.53. The van der Waals surface area contributed by atoms with Crippen LogP contribution in [0.3, 0.4) is 0 Å². The molecule has 0 aliphatic rings. The predicted octanol–water partition coefficient (Wildman–Crippen LogP) is 5.16. The summed E-state index contributed by atoms with van der Waals surface area (Å²) in [6.07, 6.45) is 3.12. The first-order chi connectivity index (χ1) is 11.5. The van der Waals surface area contributed by atoms with E-state index in [0.29, 0.717) is 6.07 Å². The van der Waals surface area contributed by atoms with Gasteiger partial charge in [0.05, 0.1) is 11.3 Å². The number of ether oxygens (including phenoxy) is 1. The van der Waals surface area contributed by atoms with Crippen LogP contribution in [0.15, 0.2) is 29.9 Å². The zero-order chi connectivity index (χ0) is 19.4. The normalized spacial score (nSPS) is 12.4. The fourth-order valence-corrected chi connectivity index (χ4v) is 1.93. The van der Waals surface area contributed by atoms with Gasteiger partial charge in [-0.05, 0) is 34.6 Å². The molecule has 0 saturated carbocycles. The van der Waals surface area contributed by atoms with Crippen molar-refractivity contribution in [3.63, 3.8) is 0 Å². The van der Waals surface area contributed by atoms with Gasteiger partial charge in [-0.1, -0.05) is 18.2 Å². The number of halogens is 3. The molecule has 0 radical (unpaired) electrons. The minimum Gasteiger partial charge on any atom is -0.444 e. The zero-order valence-corrected chi connectivity index (χ0v) is 14.7. The molecule has 0 spiro atoms. The van der Waals surface area contributed by atoms with Crippen LogP contribution in [-0.2, 0) is 4.74 Å². The number of hydrogen-bond acceptors (Lipinski definition) is 3. The maximum Gasteiger partial charge on any atom is 0.412 e. The minimum atomic E-state index is -1.62. The molecular weight excluding hydrogens is 335 g/mol. The monoisotopic (exact) mass is 355 g/mol. The average Bonchev–Trinajstić information content (AvgIpc) is 2.48. The lowest BCUT2D eigenvalue weighted by Crippen LogP contribution is -2.28. The summed E-state index contributed by atoms with van der Waals surface area (Å²) < 4.78 is 47.3. The number of hydrogen-bond donors (Lipinski definition) is 1. The highest BCUT2D eigenvalue weighted by Crippen LogP contribution is 2.27. The van der Waals surface area contributed by atoms with E-state index < -0.39 is 46.2 Å². The molecule has 7 heteroatoms. The summed E-state index contributed by atoms with van der Waals surface area (Å²) in [4.78, 5) is 24.0. The fourth-order valence-electron chi connectivity index (χ4n) is 1.93. The lowest BCUT2D eigenvalue weighted by molar-refractivity contribution is 0.0634.